The van der Waals surface area contributed by atoms with Crippen LogP contribution in [0.5, 0.6) is 0 Å². The number of hydrogen-bond acceptors (Lipinski definition) is 4. The third-order valence-electron chi connectivity index (χ3n) is 3.99. The van der Waals surface area contributed by atoms with Crippen molar-refractivity contribution in [1.29, 1.82) is 0 Å². The summed E-state index contributed by atoms with van der Waals surface area (Å²) in [5.74, 6) is -0.196. The van der Waals surface area contributed by atoms with E-state index in [0.29, 0.717) is 6.42 Å². The van der Waals surface area contributed by atoms with E-state index >= 15 is 0 Å². The Hall–Kier alpha value is -1.11. The second-order valence-corrected chi connectivity index (χ2v) is 8.81. The molecule has 7 heteroatoms. The summed E-state index contributed by atoms with van der Waals surface area (Å²) in [6.07, 6.45) is 0.351. The van der Waals surface area contributed by atoms with Crippen LogP contribution in [-0.4, -0.2) is 54.8 Å². The first-order chi connectivity index (χ1) is 9.53. The van der Waals surface area contributed by atoms with Gasteiger partial charge in [0.15, 0.2) is 0 Å². The second-order valence-electron chi connectivity index (χ2n) is 6.33. The molecule has 122 valence electrons. The van der Waals surface area contributed by atoms with E-state index < -0.39 is 21.4 Å². The molecule has 0 aromatic rings. The van der Waals surface area contributed by atoms with Gasteiger partial charge in [-0.3, -0.25) is 9.59 Å². The minimum absolute atomic E-state index is 0.000533. The van der Waals surface area contributed by atoms with E-state index in [2.05, 4.69) is 5.32 Å². The van der Waals surface area contributed by atoms with Crippen molar-refractivity contribution in [3.8, 4) is 0 Å². The number of nitrogens with zero attached hydrogens (tertiary/aromatic N) is 1. The number of nitrogens with one attached hydrogen (secondary N) is 1. The lowest BCUT2D eigenvalue weighted by molar-refractivity contribution is -0.156. The lowest BCUT2D eigenvalue weighted by atomic mass is 9.91. The summed E-state index contributed by atoms with van der Waals surface area (Å²) < 4.78 is 23.1. The molecule has 0 aromatic heterocycles. The molecule has 0 bridgehead atoms. The minimum atomic E-state index is -3.06. The van der Waals surface area contributed by atoms with Gasteiger partial charge in [-0.25, -0.2) is 8.42 Å². The molecule has 1 fully saturated rings. The maximum atomic E-state index is 12.5. The molecule has 0 spiro atoms. The number of carbonyl (C=O) groups excluding carboxylic acids is 2. The number of sulfone groups is 1. The standard InChI is InChI=1S/C14H26N2O4S/c1-6-21(19,20)9-7-8-16-12(17)11(10(2)3)15-13(18)14(16,4)5/h10-11H,6-9H2,1-5H3,(H,15,18). The van der Waals surface area contributed by atoms with Crippen LogP contribution in [-0.2, 0) is 19.4 Å². The van der Waals surface area contributed by atoms with Gasteiger partial charge < -0.3 is 10.2 Å². The van der Waals surface area contributed by atoms with Gasteiger partial charge in [0.1, 0.15) is 21.4 Å². The number of carbonyl (C=O) groups is 2. The van der Waals surface area contributed by atoms with Gasteiger partial charge in [0, 0.05) is 12.3 Å². The van der Waals surface area contributed by atoms with Crippen LogP contribution < -0.4 is 5.32 Å². The Morgan fingerprint density at radius 2 is 1.86 bits per heavy atom. The van der Waals surface area contributed by atoms with Gasteiger partial charge in [0.05, 0.1) is 5.75 Å². The normalized spacial score (nSPS) is 22.6. The summed E-state index contributed by atoms with van der Waals surface area (Å²) in [6.45, 7) is 9.01. The largest absolute Gasteiger partial charge is 0.342 e. The van der Waals surface area contributed by atoms with Crippen LogP contribution in [0.2, 0.25) is 0 Å². The summed E-state index contributed by atoms with van der Waals surface area (Å²) in [5.41, 5.74) is -0.946. The van der Waals surface area contributed by atoms with Crippen LogP contribution in [0, 0.1) is 5.92 Å². The molecule has 0 aliphatic carbocycles. The van der Waals surface area contributed by atoms with E-state index in [9.17, 15) is 18.0 Å². The summed E-state index contributed by atoms with van der Waals surface area (Å²) in [7, 11) is -3.06. The van der Waals surface area contributed by atoms with Crippen LogP contribution in [0.4, 0.5) is 0 Å². The van der Waals surface area contributed by atoms with Gasteiger partial charge in [0.25, 0.3) is 0 Å². The van der Waals surface area contributed by atoms with E-state index in [1.165, 1.54) is 4.90 Å². The van der Waals surface area contributed by atoms with Crippen LogP contribution in [0.3, 0.4) is 0 Å². The predicted molar refractivity (Wildman–Crippen MR) is 81.5 cm³/mol. The smallest absolute Gasteiger partial charge is 0.246 e. The molecule has 21 heavy (non-hydrogen) atoms. The van der Waals surface area contributed by atoms with Crippen molar-refractivity contribution in [3.05, 3.63) is 0 Å². The van der Waals surface area contributed by atoms with Gasteiger partial charge in [-0.05, 0) is 26.2 Å². The number of amides is 2. The quantitative estimate of drug-likeness (QED) is 0.776. The zero-order valence-corrected chi connectivity index (χ0v) is 14.3. The van der Waals surface area contributed by atoms with Crippen LogP contribution in [0.25, 0.3) is 0 Å². The number of rotatable bonds is 6. The predicted octanol–water partition coefficient (Wildman–Crippen LogP) is 0.573. The lowest BCUT2D eigenvalue weighted by Crippen LogP contribution is -2.69. The van der Waals surface area contributed by atoms with Gasteiger partial charge in [0.2, 0.25) is 11.8 Å². The molecule has 1 aliphatic rings. The van der Waals surface area contributed by atoms with E-state index in [1.54, 1.807) is 20.8 Å². The van der Waals surface area contributed by atoms with Crippen LogP contribution in [0.1, 0.15) is 41.0 Å². The lowest BCUT2D eigenvalue weighted by Gasteiger charge is -2.45. The highest BCUT2D eigenvalue weighted by Gasteiger charge is 2.46. The van der Waals surface area contributed by atoms with Gasteiger partial charge in [-0.1, -0.05) is 20.8 Å². The Morgan fingerprint density at radius 3 is 2.33 bits per heavy atom. The zero-order valence-electron chi connectivity index (χ0n) is 13.5. The summed E-state index contributed by atoms with van der Waals surface area (Å²) in [4.78, 5) is 26.2. The summed E-state index contributed by atoms with van der Waals surface area (Å²) in [6, 6.07) is -0.534. The summed E-state index contributed by atoms with van der Waals surface area (Å²) in [5, 5.41) is 2.76. The Labute approximate surface area is 127 Å². The van der Waals surface area contributed by atoms with Crippen molar-refractivity contribution in [2.45, 2.75) is 52.6 Å². The molecule has 0 aromatic carbocycles. The molecule has 1 saturated heterocycles. The van der Waals surface area contributed by atoms with Gasteiger partial charge in [-0.15, -0.1) is 0 Å². The molecule has 1 N–H and O–H groups in total. The van der Waals surface area contributed by atoms with E-state index in [-0.39, 0.29) is 35.8 Å². The molecule has 0 saturated carbocycles. The van der Waals surface area contributed by atoms with Crippen molar-refractivity contribution >= 4 is 21.7 Å². The fraction of sp³-hybridized carbons (Fsp3) is 0.857. The van der Waals surface area contributed by atoms with E-state index in [1.807, 2.05) is 13.8 Å². The maximum absolute atomic E-state index is 12.5. The first-order valence-corrected chi connectivity index (χ1v) is 9.18. The average molecular weight is 318 g/mol. The van der Waals surface area contributed by atoms with Gasteiger partial charge >= 0.3 is 0 Å². The van der Waals surface area contributed by atoms with E-state index in [0.717, 1.165) is 0 Å². The minimum Gasteiger partial charge on any atom is -0.342 e. The maximum Gasteiger partial charge on any atom is 0.246 e. The Balaban J connectivity index is 2.84. The topological polar surface area (TPSA) is 83.6 Å². The third kappa shape index (κ3) is 3.96. The highest BCUT2D eigenvalue weighted by Crippen LogP contribution is 2.24. The molecule has 1 aliphatic heterocycles. The highest BCUT2D eigenvalue weighted by molar-refractivity contribution is 7.91. The van der Waals surface area contributed by atoms with Crippen molar-refractivity contribution in [1.82, 2.24) is 10.2 Å². The Bertz CT molecular complexity index is 511. The fourth-order valence-corrected chi connectivity index (χ4v) is 3.23. The Kier molecular flexibility index (Phi) is 5.41. The molecule has 6 nitrogen and oxygen atoms in total. The van der Waals surface area contributed by atoms with Crippen LogP contribution >= 0.6 is 0 Å². The molecule has 2 amide bonds. The molecular formula is C14H26N2O4S. The van der Waals surface area contributed by atoms with Crippen molar-refractivity contribution in [2.75, 3.05) is 18.1 Å². The number of hydrogen-bond donors (Lipinski definition) is 1. The van der Waals surface area contributed by atoms with Gasteiger partial charge in [-0.2, -0.15) is 0 Å². The first kappa shape index (κ1) is 17.9. The molecule has 1 unspecified atom stereocenters. The highest BCUT2D eigenvalue weighted by atomic mass is 32.2. The molecule has 1 rings (SSSR count). The summed E-state index contributed by atoms with van der Waals surface area (Å²) >= 11 is 0. The molecule has 0 radical (unpaired) electrons. The van der Waals surface area contributed by atoms with E-state index in [4.69, 9.17) is 0 Å². The second kappa shape index (κ2) is 6.34. The van der Waals surface area contributed by atoms with Crippen molar-refractivity contribution in [3.63, 3.8) is 0 Å². The van der Waals surface area contributed by atoms with Crippen LogP contribution in [0.15, 0.2) is 0 Å². The van der Waals surface area contributed by atoms with Crippen molar-refractivity contribution in [2.24, 2.45) is 5.92 Å². The number of piperazine rings is 1. The molecular weight excluding hydrogens is 292 g/mol. The zero-order chi connectivity index (χ0) is 16.4. The molecule has 1 heterocycles. The Morgan fingerprint density at radius 1 is 1.29 bits per heavy atom. The monoisotopic (exact) mass is 318 g/mol. The molecule has 1 atom stereocenters. The SMILES string of the molecule is CCS(=O)(=O)CCCN1C(=O)C(C(C)C)NC(=O)C1(C)C. The van der Waals surface area contributed by atoms with Crippen molar-refractivity contribution < 1.29 is 18.0 Å². The first-order valence-electron chi connectivity index (χ1n) is 7.35. The third-order valence-corrected chi connectivity index (χ3v) is 5.78. The average Bonchev–Trinajstić information content (AvgIpc) is 2.37. The fourth-order valence-electron chi connectivity index (χ4n) is 2.37.